The van der Waals surface area contributed by atoms with Gasteiger partial charge in [0.15, 0.2) is 5.11 Å². The molecular weight excluding hydrogens is 402 g/mol. The molecule has 5 nitrogen and oxygen atoms in total. The average Bonchev–Trinajstić information content (AvgIpc) is 2.79. The zero-order valence-corrected chi connectivity index (χ0v) is 18.4. The van der Waals surface area contributed by atoms with Crippen LogP contribution in [0, 0.1) is 0 Å². The van der Waals surface area contributed by atoms with Crippen molar-refractivity contribution in [1.82, 2.24) is 15.3 Å². The van der Waals surface area contributed by atoms with Crippen LogP contribution in [0.25, 0.3) is 10.9 Å². The minimum atomic E-state index is 0.502. The SMILES string of the molecule is CC(C)c1ccc(Nc2ncnc3ccc(NC(=S)NCc4ccccc4)cc23)cc1. The third-order valence-electron chi connectivity index (χ3n) is 5.03. The Morgan fingerprint density at radius 3 is 2.39 bits per heavy atom. The first-order chi connectivity index (χ1) is 15.1. The molecule has 0 aliphatic rings. The summed E-state index contributed by atoms with van der Waals surface area (Å²) in [4.78, 5) is 8.85. The Hall–Kier alpha value is -3.51. The number of fused-ring (bicyclic) bond motifs is 1. The zero-order valence-electron chi connectivity index (χ0n) is 17.6. The number of hydrogen-bond donors (Lipinski definition) is 3. The Labute approximate surface area is 187 Å². The van der Waals surface area contributed by atoms with Crippen molar-refractivity contribution in [3.63, 3.8) is 0 Å². The molecule has 0 spiro atoms. The predicted octanol–water partition coefficient (Wildman–Crippen LogP) is 5.98. The van der Waals surface area contributed by atoms with Gasteiger partial charge in [0.05, 0.1) is 5.52 Å². The summed E-state index contributed by atoms with van der Waals surface area (Å²) in [6, 6.07) is 24.5. The van der Waals surface area contributed by atoms with Crippen LogP contribution in [0.15, 0.2) is 79.1 Å². The van der Waals surface area contributed by atoms with Crippen molar-refractivity contribution in [2.45, 2.75) is 26.3 Å². The number of nitrogens with one attached hydrogen (secondary N) is 3. The summed E-state index contributed by atoms with van der Waals surface area (Å²) < 4.78 is 0. The van der Waals surface area contributed by atoms with Crippen LogP contribution in [-0.4, -0.2) is 15.1 Å². The van der Waals surface area contributed by atoms with Gasteiger partial charge in [-0.3, -0.25) is 0 Å². The molecule has 0 fully saturated rings. The van der Waals surface area contributed by atoms with Gasteiger partial charge in [-0.1, -0.05) is 56.3 Å². The lowest BCUT2D eigenvalue weighted by atomic mass is 10.0. The summed E-state index contributed by atoms with van der Waals surface area (Å²) in [6.45, 7) is 5.05. The molecule has 6 heteroatoms. The third kappa shape index (κ3) is 5.35. The molecule has 31 heavy (non-hydrogen) atoms. The van der Waals surface area contributed by atoms with Gasteiger partial charge in [0, 0.05) is 23.3 Å². The van der Waals surface area contributed by atoms with E-state index in [0.29, 0.717) is 17.6 Å². The van der Waals surface area contributed by atoms with Gasteiger partial charge in [0.1, 0.15) is 12.1 Å². The van der Waals surface area contributed by atoms with Crippen molar-refractivity contribution in [3.8, 4) is 0 Å². The van der Waals surface area contributed by atoms with Crippen LogP contribution in [-0.2, 0) is 6.54 Å². The zero-order chi connectivity index (χ0) is 21.6. The minimum Gasteiger partial charge on any atom is -0.358 e. The number of rotatable bonds is 6. The predicted molar refractivity (Wildman–Crippen MR) is 133 cm³/mol. The molecule has 0 radical (unpaired) electrons. The van der Waals surface area contributed by atoms with Crippen molar-refractivity contribution in [2.24, 2.45) is 0 Å². The molecule has 4 aromatic rings. The van der Waals surface area contributed by atoms with Crippen molar-refractivity contribution in [3.05, 3.63) is 90.3 Å². The molecule has 0 saturated carbocycles. The lowest BCUT2D eigenvalue weighted by Gasteiger charge is -2.13. The van der Waals surface area contributed by atoms with Crippen LogP contribution in [0.2, 0.25) is 0 Å². The highest BCUT2D eigenvalue weighted by molar-refractivity contribution is 7.80. The first kappa shape index (κ1) is 20.8. The topological polar surface area (TPSA) is 61.9 Å². The average molecular weight is 428 g/mol. The van der Waals surface area contributed by atoms with E-state index in [2.05, 4.69) is 76.2 Å². The lowest BCUT2D eigenvalue weighted by Crippen LogP contribution is -2.27. The number of hydrogen-bond acceptors (Lipinski definition) is 4. The molecule has 1 heterocycles. The van der Waals surface area contributed by atoms with E-state index in [1.807, 2.05) is 36.4 Å². The van der Waals surface area contributed by atoms with Crippen LogP contribution in [0.3, 0.4) is 0 Å². The van der Waals surface area contributed by atoms with Gasteiger partial charge in [0.2, 0.25) is 0 Å². The first-order valence-corrected chi connectivity index (χ1v) is 10.7. The Balaban J connectivity index is 1.49. The fraction of sp³-hybridized carbons (Fsp3) is 0.160. The van der Waals surface area contributed by atoms with Gasteiger partial charge in [-0.2, -0.15) is 0 Å². The second kappa shape index (κ2) is 9.53. The van der Waals surface area contributed by atoms with Crippen molar-refractivity contribution < 1.29 is 0 Å². The van der Waals surface area contributed by atoms with Gasteiger partial charge in [-0.05, 0) is 59.6 Å². The van der Waals surface area contributed by atoms with E-state index in [1.54, 1.807) is 6.33 Å². The Kier molecular flexibility index (Phi) is 6.38. The standard InChI is InChI=1S/C25H25N5S/c1-17(2)19-8-10-20(11-9-19)29-24-22-14-21(12-13-23(22)27-16-28-24)30-25(31)26-15-18-6-4-3-5-7-18/h3-14,16-17H,15H2,1-2H3,(H2,26,30,31)(H,27,28,29). The minimum absolute atomic E-state index is 0.502. The molecule has 0 atom stereocenters. The summed E-state index contributed by atoms with van der Waals surface area (Å²) in [5, 5.41) is 11.4. The van der Waals surface area contributed by atoms with Gasteiger partial charge in [0.25, 0.3) is 0 Å². The number of benzene rings is 3. The molecule has 3 aromatic carbocycles. The molecule has 0 bridgehead atoms. The first-order valence-electron chi connectivity index (χ1n) is 10.3. The van der Waals surface area contributed by atoms with Crippen LogP contribution < -0.4 is 16.0 Å². The summed E-state index contributed by atoms with van der Waals surface area (Å²) in [5.74, 6) is 1.26. The Morgan fingerprint density at radius 1 is 0.903 bits per heavy atom. The molecule has 0 amide bonds. The number of anilines is 3. The third-order valence-corrected chi connectivity index (χ3v) is 5.28. The molecule has 0 saturated heterocycles. The smallest absolute Gasteiger partial charge is 0.171 e. The van der Waals surface area contributed by atoms with Crippen molar-refractivity contribution >= 4 is 45.4 Å². The summed E-state index contributed by atoms with van der Waals surface area (Å²) >= 11 is 5.46. The number of aromatic nitrogens is 2. The molecular formula is C25H25N5S. The molecule has 4 rings (SSSR count). The van der Waals surface area contributed by atoms with Crippen LogP contribution in [0.1, 0.15) is 30.9 Å². The van der Waals surface area contributed by atoms with Gasteiger partial charge in [-0.15, -0.1) is 0 Å². The van der Waals surface area contributed by atoms with E-state index < -0.39 is 0 Å². The molecule has 1 aromatic heterocycles. The van der Waals surface area contributed by atoms with Gasteiger partial charge >= 0.3 is 0 Å². The molecule has 0 aliphatic carbocycles. The Morgan fingerprint density at radius 2 is 1.65 bits per heavy atom. The molecule has 156 valence electrons. The van der Waals surface area contributed by atoms with E-state index in [0.717, 1.165) is 28.1 Å². The van der Waals surface area contributed by atoms with E-state index in [-0.39, 0.29) is 0 Å². The lowest BCUT2D eigenvalue weighted by molar-refractivity contribution is 0.867. The van der Waals surface area contributed by atoms with E-state index in [9.17, 15) is 0 Å². The van der Waals surface area contributed by atoms with E-state index >= 15 is 0 Å². The van der Waals surface area contributed by atoms with Crippen LogP contribution >= 0.6 is 12.2 Å². The summed E-state index contributed by atoms with van der Waals surface area (Å²) in [7, 11) is 0. The summed E-state index contributed by atoms with van der Waals surface area (Å²) in [5.41, 5.74) is 5.22. The summed E-state index contributed by atoms with van der Waals surface area (Å²) in [6.07, 6.45) is 1.58. The Bertz CT molecular complexity index is 1170. The van der Waals surface area contributed by atoms with E-state index in [1.165, 1.54) is 11.1 Å². The second-order valence-electron chi connectivity index (χ2n) is 7.65. The molecule has 3 N–H and O–H groups in total. The van der Waals surface area contributed by atoms with Crippen LogP contribution in [0.4, 0.5) is 17.2 Å². The number of nitrogens with zero attached hydrogens (tertiary/aromatic N) is 2. The fourth-order valence-electron chi connectivity index (χ4n) is 3.28. The van der Waals surface area contributed by atoms with Crippen molar-refractivity contribution in [1.29, 1.82) is 0 Å². The maximum atomic E-state index is 5.46. The highest BCUT2D eigenvalue weighted by atomic mass is 32.1. The maximum Gasteiger partial charge on any atom is 0.171 e. The highest BCUT2D eigenvalue weighted by Crippen LogP contribution is 2.26. The van der Waals surface area contributed by atoms with Crippen LogP contribution in [0.5, 0.6) is 0 Å². The fourth-order valence-corrected chi connectivity index (χ4v) is 3.47. The highest BCUT2D eigenvalue weighted by Gasteiger charge is 2.07. The number of thiocarbonyl (C=S) groups is 1. The van der Waals surface area contributed by atoms with Gasteiger partial charge < -0.3 is 16.0 Å². The van der Waals surface area contributed by atoms with E-state index in [4.69, 9.17) is 12.2 Å². The monoisotopic (exact) mass is 427 g/mol. The molecule has 0 unspecified atom stereocenters. The maximum absolute atomic E-state index is 5.46. The largest absolute Gasteiger partial charge is 0.358 e. The van der Waals surface area contributed by atoms with Crippen molar-refractivity contribution in [2.75, 3.05) is 10.6 Å². The molecule has 0 aliphatic heterocycles. The second-order valence-corrected chi connectivity index (χ2v) is 8.06. The van der Waals surface area contributed by atoms with Gasteiger partial charge in [-0.25, -0.2) is 9.97 Å². The quantitative estimate of drug-likeness (QED) is 0.329. The normalized spacial score (nSPS) is 10.8.